The molecule has 3 saturated carbocycles. The first-order chi connectivity index (χ1) is 14.9. The van der Waals surface area contributed by atoms with Gasteiger partial charge in [0.15, 0.2) is 0 Å². The first-order valence-corrected chi connectivity index (χ1v) is 12.0. The van der Waals surface area contributed by atoms with Crippen molar-refractivity contribution in [1.82, 2.24) is 0 Å². The second-order valence-corrected chi connectivity index (χ2v) is 11.0. The number of carboxylic acid groups (broad SMARTS) is 1. The predicted molar refractivity (Wildman–Crippen MR) is 126 cm³/mol. The van der Waals surface area contributed by atoms with Crippen LogP contribution in [0.15, 0.2) is 47.6 Å². The Hall–Kier alpha value is -1.69. The Morgan fingerprint density at radius 3 is 2.47 bits per heavy atom. The van der Waals surface area contributed by atoms with Gasteiger partial charge in [-0.2, -0.15) is 0 Å². The van der Waals surface area contributed by atoms with Gasteiger partial charge in [-0.15, -0.1) is 0 Å². The molecular formula is C27H40O5. The average molecular weight is 445 g/mol. The Labute approximate surface area is 192 Å². The number of aliphatic hydroxyl groups excluding tert-OH is 3. The van der Waals surface area contributed by atoms with Crippen LogP contribution in [0, 0.1) is 22.7 Å². The maximum absolute atomic E-state index is 11.4. The molecule has 0 spiro atoms. The summed E-state index contributed by atoms with van der Waals surface area (Å²) < 4.78 is 0. The summed E-state index contributed by atoms with van der Waals surface area (Å²) in [7, 11) is 0. The van der Waals surface area contributed by atoms with Crippen molar-refractivity contribution in [2.75, 3.05) is 0 Å². The van der Waals surface area contributed by atoms with Gasteiger partial charge in [0.25, 0.3) is 0 Å². The fraction of sp³-hybridized carbons (Fsp3) is 0.667. The molecule has 0 heterocycles. The molecule has 0 aromatic heterocycles. The minimum absolute atomic E-state index is 0.100. The third-order valence-electron chi connectivity index (χ3n) is 8.27. The number of fused-ring (bicyclic) bond motifs is 1. The number of carboxylic acids is 1. The lowest BCUT2D eigenvalue weighted by atomic mass is 9.62. The molecule has 0 radical (unpaired) electrons. The van der Waals surface area contributed by atoms with Crippen molar-refractivity contribution in [3.8, 4) is 0 Å². The maximum Gasteiger partial charge on any atom is 0.312 e. The van der Waals surface area contributed by atoms with E-state index in [2.05, 4.69) is 25.7 Å². The van der Waals surface area contributed by atoms with Crippen LogP contribution in [0.25, 0.3) is 0 Å². The van der Waals surface area contributed by atoms with Crippen molar-refractivity contribution in [1.29, 1.82) is 0 Å². The number of carbonyl (C=O) groups is 1. The summed E-state index contributed by atoms with van der Waals surface area (Å²) in [6, 6.07) is 0. The molecule has 4 N–H and O–H groups in total. The van der Waals surface area contributed by atoms with E-state index >= 15 is 0 Å². The first-order valence-electron chi connectivity index (χ1n) is 12.0. The fourth-order valence-corrected chi connectivity index (χ4v) is 6.08. The maximum atomic E-state index is 11.4. The molecule has 3 aliphatic rings. The van der Waals surface area contributed by atoms with Gasteiger partial charge in [-0.3, -0.25) is 4.79 Å². The van der Waals surface area contributed by atoms with E-state index in [1.54, 1.807) is 6.08 Å². The summed E-state index contributed by atoms with van der Waals surface area (Å²) >= 11 is 0. The Kier molecular flexibility index (Phi) is 7.53. The van der Waals surface area contributed by atoms with E-state index < -0.39 is 29.7 Å². The van der Waals surface area contributed by atoms with Gasteiger partial charge in [-0.1, -0.05) is 54.5 Å². The lowest BCUT2D eigenvalue weighted by Gasteiger charge is -2.42. The normalized spacial score (nSPS) is 35.7. The van der Waals surface area contributed by atoms with Gasteiger partial charge in [0.1, 0.15) is 0 Å². The zero-order valence-electron chi connectivity index (χ0n) is 19.8. The third kappa shape index (κ3) is 5.11. The highest BCUT2D eigenvalue weighted by atomic mass is 16.4. The molecule has 0 bridgehead atoms. The van der Waals surface area contributed by atoms with E-state index in [4.69, 9.17) is 0 Å². The summed E-state index contributed by atoms with van der Waals surface area (Å²) in [6.45, 7) is 9.70. The molecular weight excluding hydrogens is 404 g/mol. The Morgan fingerprint density at radius 1 is 1.19 bits per heavy atom. The number of allylic oxidation sites excluding steroid dienone is 5. The summed E-state index contributed by atoms with van der Waals surface area (Å²) in [4.78, 5) is 11.4. The monoisotopic (exact) mass is 444 g/mol. The minimum atomic E-state index is -1.24. The third-order valence-corrected chi connectivity index (χ3v) is 8.27. The molecule has 6 atom stereocenters. The lowest BCUT2D eigenvalue weighted by Crippen LogP contribution is -2.36. The Bertz CT molecular complexity index is 808. The topological polar surface area (TPSA) is 98.0 Å². The molecule has 3 rings (SSSR count). The summed E-state index contributed by atoms with van der Waals surface area (Å²) in [6.07, 6.45) is 13.0. The number of aliphatic hydroxyl groups is 3. The highest BCUT2D eigenvalue weighted by Gasteiger charge is 2.49. The standard InChI is InChI=1S/C27H40O5/c1-17(7-12-24(30)26(2,3)25(31)32)22-10-11-23-19(6-5-13-27(22,23)4)9-8-18-14-20(28)16-21(29)15-18/h7-9,12,20-24,28-30H,1,5-6,10-11,13-16H2,2-4H3,(H,31,32)/t20-,21-,22-,23+,24+,27-/m1/s1. The van der Waals surface area contributed by atoms with Crippen molar-refractivity contribution in [2.24, 2.45) is 22.7 Å². The van der Waals surface area contributed by atoms with E-state index in [1.807, 2.05) is 6.08 Å². The number of rotatable bonds is 6. The number of hydrogen-bond donors (Lipinski definition) is 4. The summed E-state index contributed by atoms with van der Waals surface area (Å²) in [5, 5.41) is 39.6. The molecule has 3 aliphatic carbocycles. The van der Waals surface area contributed by atoms with Gasteiger partial charge in [0, 0.05) is 0 Å². The summed E-state index contributed by atoms with van der Waals surface area (Å²) in [5.41, 5.74) is 2.39. The van der Waals surface area contributed by atoms with Crippen LogP contribution in [0.5, 0.6) is 0 Å². The van der Waals surface area contributed by atoms with Crippen LogP contribution in [-0.4, -0.2) is 44.7 Å². The highest BCUT2D eigenvalue weighted by Crippen LogP contribution is 2.59. The quantitative estimate of drug-likeness (QED) is 0.451. The van der Waals surface area contributed by atoms with E-state index in [0.717, 1.165) is 43.3 Å². The Morgan fingerprint density at radius 2 is 1.84 bits per heavy atom. The van der Waals surface area contributed by atoms with Crippen molar-refractivity contribution >= 4 is 5.97 Å². The molecule has 3 fully saturated rings. The molecule has 0 unspecified atom stereocenters. The Balaban J connectivity index is 1.73. The van der Waals surface area contributed by atoms with Gasteiger partial charge < -0.3 is 20.4 Å². The van der Waals surface area contributed by atoms with E-state index in [0.29, 0.717) is 31.1 Å². The molecule has 32 heavy (non-hydrogen) atoms. The van der Waals surface area contributed by atoms with Gasteiger partial charge >= 0.3 is 5.97 Å². The zero-order valence-corrected chi connectivity index (χ0v) is 19.8. The SMILES string of the molecule is C=C(C=C[C@H](O)C(C)(C)C(=O)O)[C@H]1CC[C@H]2C(=CC=C3C[C@@H](O)C[C@H](O)C3)CCC[C@]12C. The van der Waals surface area contributed by atoms with Crippen molar-refractivity contribution in [2.45, 2.75) is 90.4 Å². The van der Waals surface area contributed by atoms with Crippen molar-refractivity contribution in [3.05, 3.63) is 47.6 Å². The number of aliphatic carboxylic acids is 1. The zero-order chi connectivity index (χ0) is 23.7. The van der Waals surface area contributed by atoms with E-state index in [9.17, 15) is 25.2 Å². The molecule has 5 heteroatoms. The lowest BCUT2D eigenvalue weighted by molar-refractivity contribution is -0.151. The summed E-state index contributed by atoms with van der Waals surface area (Å²) in [5.74, 6) is -0.247. The average Bonchev–Trinajstić information content (AvgIpc) is 3.06. The van der Waals surface area contributed by atoms with Gasteiger partial charge in [-0.25, -0.2) is 0 Å². The largest absolute Gasteiger partial charge is 0.481 e. The van der Waals surface area contributed by atoms with E-state index in [-0.39, 0.29) is 5.41 Å². The fourth-order valence-electron chi connectivity index (χ4n) is 6.08. The highest BCUT2D eigenvalue weighted by molar-refractivity contribution is 5.74. The van der Waals surface area contributed by atoms with Crippen LogP contribution in [0.4, 0.5) is 0 Å². The first kappa shape index (κ1) is 24.9. The van der Waals surface area contributed by atoms with Crippen LogP contribution in [-0.2, 0) is 4.79 Å². The van der Waals surface area contributed by atoms with Crippen molar-refractivity contribution in [3.63, 3.8) is 0 Å². The van der Waals surface area contributed by atoms with E-state index in [1.165, 1.54) is 19.4 Å². The molecule has 0 saturated heterocycles. The molecule has 0 aliphatic heterocycles. The minimum Gasteiger partial charge on any atom is -0.481 e. The second kappa shape index (κ2) is 9.66. The van der Waals surface area contributed by atoms with Crippen LogP contribution < -0.4 is 0 Å². The molecule has 5 nitrogen and oxygen atoms in total. The van der Waals surface area contributed by atoms with Gasteiger partial charge in [0.2, 0.25) is 0 Å². The van der Waals surface area contributed by atoms with Gasteiger partial charge in [0.05, 0.1) is 23.7 Å². The molecule has 0 aromatic rings. The second-order valence-electron chi connectivity index (χ2n) is 11.0. The van der Waals surface area contributed by atoms with Crippen LogP contribution in [0.1, 0.15) is 72.1 Å². The molecule has 0 aromatic carbocycles. The predicted octanol–water partition coefficient (Wildman–Crippen LogP) is 4.55. The van der Waals surface area contributed by atoms with Crippen LogP contribution in [0.3, 0.4) is 0 Å². The van der Waals surface area contributed by atoms with Crippen LogP contribution in [0.2, 0.25) is 0 Å². The number of hydrogen-bond acceptors (Lipinski definition) is 4. The smallest absolute Gasteiger partial charge is 0.312 e. The van der Waals surface area contributed by atoms with Gasteiger partial charge in [-0.05, 0) is 82.5 Å². The molecule has 178 valence electrons. The molecule has 0 amide bonds. The van der Waals surface area contributed by atoms with Crippen molar-refractivity contribution < 1.29 is 25.2 Å². The van der Waals surface area contributed by atoms with Crippen LogP contribution >= 0.6 is 0 Å².